The van der Waals surface area contributed by atoms with Crippen LogP contribution >= 0.6 is 11.6 Å². The smallest absolute Gasteiger partial charge is 0.243 e. The van der Waals surface area contributed by atoms with E-state index in [0.717, 1.165) is 18.4 Å². The molecule has 7 heteroatoms. The van der Waals surface area contributed by atoms with Gasteiger partial charge in [0.1, 0.15) is 0 Å². The number of carbonyl (C=O) groups is 1. The number of aryl methyl sites for hydroxylation is 2. The number of nitrogens with one attached hydrogen (secondary N) is 1. The molecule has 1 amide bonds. The molecule has 2 atom stereocenters. The molecule has 5 nitrogen and oxygen atoms in total. The van der Waals surface area contributed by atoms with E-state index in [-0.39, 0.29) is 29.3 Å². The Hall–Kier alpha value is -1.89. The molecule has 160 valence electrons. The fourth-order valence-electron chi connectivity index (χ4n) is 4.41. The maximum atomic E-state index is 13.0. The second-order valence-electron chi connectivity index (χ2n) is 8.27. The molecule has 2 aliphatic rings. The van der Waals surface area contributed by atoms with Gasteiger partial charge in [0.15, 0.2) is 0 Å². The molecule has 4 rings (SSSR count). The van der Waals surface area contributed by atoms with Crippen LogP contribution in [0.3, 0.4) is 0 Å². The minimum absolute atomic E-state index is 0.0843. The van der Waals surface area contributed by atoms with E-state index in [4.69, 9.17) is 11.6 Å². The summed E-state index contributed by atoms with van der Waals surface area (Å²) in [6.07, 6.45) is 4.79. The zero-order chi connectivity index (χ0) is 21.3. The van der Waals surface area contributed by atoms with Crippen LogP contribution in [0.5, 0.6) is 0 Å². The third-order valence-electron chi connectivity index (χ3n) is 6.19. The van der Waals surface area contributed by atoms with Gasteiger partial charge < -0.3 is 5.32 Å². The molecule has 30 heavy (non-hydrogen) atoms. The lowest BCUT2D eigenvalue weighted by molar-refractivity contribution is -0.126. The van der Waals surface area contributed by atoms with E-state index < -0.39 is 10.0 Å². The van der Waals surface area contributed by atoms with Gasteiger partial charge in [0.25, 0.3) is 0 Å². The standard InChI is InChI=1S/C23H27ClN2O3S/c1-16(18-8-7-17-4-2-5-19(17)14-18)25-23(27)20-6-3-13-26(15-20)30(28,29)22-11-9-21(24)10-12-22/h7-12,14,16,20H,2-6,13,15H2,1H3,(H,25,27)/t16-,20-/m0/s1. The van der Waals surface area contributed by atoms with Gasteiger partial charge in [0.2, 0.25) is 15.9 Å². The Morgan fingerprint density at radius 1 is 1.10 bits per heavy atom. The van der Waals surface area contributed by atoms with Gasteiger partial charge in [-0.05, 0) is 80.0 Å². The first-order valence-electron chi connectivity index (χ1n) is 10.5. The van der Waals surface area contributed by atoms with Crippen molar-refractivity contribution in [2.75, 3.05) is 13.1 Å². The van der Waals surface area contributed by atoms with Crippen molar-refractivity contribution in [3.8, 4) is 0 Å². The minimum Gasteiger partial charge on any atom is -0.349 e. The summed E-state index contributed by atoms with van der Waals surface area (Å²) in [7, 11) is -3.64. The second-order valence-corrected chi connectivity index (χ2v) is 10.6. The lowest BCUT2D eigenvalue weighted by Crippen LogP contribution is -2.45. The molecule has 1 N–H and O–H groups in total. The number of halogens is 1. The van der Waals surface area contributed by atoms with Gasteiger partial charge in [0.05, 0.1) is 16.9 Å². The molecule has 1 saturated heterocycles. The topological polar surface area (TPSA) is 66.5 Å². The van der Waals surface area contributed by atoms with Crippen LogP contribution in [0.2, 0.25) is 5.02 Å². The Morgan fingerprint density at radius 3 is 2.60 bits per heavy atom. The number of benzene rings is 2. The van der Waals surface area contributed by atoms with Gasteiger partial charge in [0, 0.05) is 18.1 Å². The normalized spacial score (nSPS) is 20.5. The molecule has 0 bridgehead atoms. The third-order valence-corrected chi connectivity index (χ3v) is 8.32. The fourth-order valence-corrected chi connectivity index (χ4v) is 6.06. The predicted octanol–water partition coefficient (Wildman–Crippen LogP) is 4.11. The summed E-state index contributed by atoms with van der Waals surface area (Å²) < 4.78 is 27.4. The van der Waals surface area contributed by atoms with Crippen LogP contribution in [0.25, 0.3) is 0 Å². The van der Waals surface area contributed by atoms with Crippen molar-refractivity contribution in [1.82, 2.24) is 9.62 Å². The highest BCUT2D eigenvalue weighted by Crippen LogP contribution is 2.27. The Morgan fingerprint density at radius 2 is 1.83 bits per heavy atom. The van der Waals surface area contributed by atoms with E-state index in [1.807, 2.05) is 6.92 Å². The van der Waals surface area contributed by atoms with Crippen molar-refractivity contribution in [3.63, 3.8) is 0 Å². The Bertz CT molecular complexity index is 1040. The van der Waals surface area contributed by atoms with Gasteiger partial charge in [-0.1, -0.05) is 29.8 Å². The summed E-state index contributed by atoms with van der Waals surface area (Å²) in [5, 5.41) is 3.59. The van der Waals surface area contributed by atoms with Crippen LogP contribution in [0, 0.1) is 5.92 Å². The fraction of sp³-hybridized carbons (Fsp3) is 0.435. The first kappa shape index (κ1) is 21.3. The molecular formula is C23H27ClN2O3S. The number of sulfonamides is 1. The lowest BCUT2D eigenvalue weighted by Gasteiger charge is -2.32. The van der Waals surface area contributed by atoms with Crippen LogP contribution in [-0.2, 0) is 27.7 Å². The maximum Gasteiger partial charge on any atom is 0.243 e. The van der Waals surface area contributed by atoms with Gasteiger partial charge >= 0.3 is 0 Å². The lowest BCUT2D eigenvalue weighted by atomic mass is 9.97. The van der Waals surface area contributed by atoms with Crippen molar-refractivity contribution in [2.45, 2.75) is 50.0 Å². The predicted molar refractivity (Wildman–Crippen MR) is 118 cm³/mol. The summed E-state index contributed by atoms with van der Waals surface area (Å²) in [6.45, 7) is 2.61. The number of rotatable bonds is 5. The third kappa shape index (κ3) is 4.41. The zero-order valence-corrected chi connectivity index (χ0v) is 18.7. The van der Waals surface area contributed by atoms with Crippen molar-refractivity contribution in [2.24, 2.45) is 5.92 Å². The highest BCUT2D eigenvalue weighted by molar-refractivity contribution is 7.89. The summed E-state index contributed by atoms with van der Waals surface area (Å²) in [6, 6.07) is 12.5. The van der Waals surface area contributed by atoms with E-state index in [2.05, 4.69) is 23.5 Å². The molecule has 2 aromatic rings. The molecule has 0 radical (unpaired) electrons. The molecule has 1 aliphatic carbocycles. The Kier molecular flexibility index (Phi) is 6.19. The molecule has 0 saturated carbocycles. The highest BCUT2D eigenvalue weighted by atomic mass is 35.5. The van der Waals surface area contributed by atoms with Gasteiger partial charge in [-0.2, -0.15) is 4.31 Å². The van der Waals surface area contributed by atoms with Crippen LogP contribution in [0.1, 0.15) is 48.9 Å². The first-order chi connectivity index (χ1) is 14.3. The monoisotopic (exact) mass is 446 g/mol. The Balaban J connectivity index is 1.42. The van der Waals surface area contributed by atoms with E-state index >= 15 is 0 Å². The summed E-state index contributed by atoms with van der Waals surface area (Å²) in [4.78, 5) is 13.1. The van der Waals surface area contributed by atoms with Crippen LogP contribution < -0.4 is 5.32 Å². The molecule has 1 aliphatic heterocycles. The molecule has 1 heterocycles. The van der Waals surface area contributed by atoms with E-state index in [0.29, 0.717) is 24.4 Å². The summed E-state index contributed by atoms with van der Waals surface area (Å²) in [5.74, 6) is -0.434. The highest BCUT2D eigenvalue weighted by Gasteiger charge is 2.33. The van der Waals surface area contributed by atoms with Crippen LogP contribution in [-0.4, -0.2) is 31.7 Å². The average Bonchev–Trinajstić information content (AvgIpc) is 3.22. The van der Waals surface area contributed by atoms with Crippen LogP contribution in [0.15, 0.2) is 47.4 Å². The average molecular weight is 447 g/mol. The summed E-state index contributed by atoms with van der Waals surface area (Å²) >= 11 is 5.88. The number of hydrogen-bond donors (Lipinski definition) is 1. The quantitative estimate of drug-likeness (QED) is 0.751. The molecular weight excluding hydrogens is 420 g/mol. The molecule has 2 aromatic carbocycles. The number of amides is 1. The molecule has 1 fully saturated rings. The van der Waals surface area contributed by atoms with Crippen LogP contribution in [0.4, 0.5) is 0 Å². The van der Waals surface area contributed by atoms with Crippen molar-refractivity contribution < 1.29 is 13.2 Å². The number of fused-ring (bicyclic) bond motifs is 1. The number of piperidine rings is 1. The van der Waals surface area contributed by atoms with Gasteiger partial charge in [-0.15, -0.1) is 0 Å². The first-order valence-corrected chi connectivity index (χ1v) is 12.3. The number of nitrogens with zero attached hydrogens (tertiary/aromatic N) is 1. The van der Waals surface area contributed by atoms with Gasteiger partial charge in [-0.3, -0.25) is 4.79 Å². The van der Waals surface area contributed by atoms with Gasteiger partial charge in [-0.25, -0.2) is 8.42 Å². The number of carbonyl (C=O) groups excluding carboxylic acids is 1. The summed E-state index contributed by atoms with van der Waals surface area (Å²) in [5.41, 5.74) is 3.89. The number of hydrogen-bond acceptors (Lipinski definition) is 3. The molecule has 0 aromatic heterocycles. The van der Waals surface area contributed by atoms with E-state index in [1.54, 1.807) is 12.1 Å². The second kappa shape index (κ2) is 8.69. The van der Waals surface area contributed by atoms with Crippen molar-refractivity contribution >= 4 is 27.5 Å². The molecule has 0 spiro atoms. The largest absolute Gasteiger partial charge is 0.349 e. The molecule has 0 unspecified atom stereocenters. The SMILES string of the molecule is C[C@H](NC(=O)[C@H]1CCCN(S(=O)(=O)c2ccc(Cl)cc2)C1)c1ccc2c(c1)CCC2. The minimum atomic E-state index is -3.64. The van der Waals surface area contributed by atoms with E-state index in [1.165, 1.54) is 34.0 Å². The van der Waals surface area contributed by atoms with E-state index in [9.17, 15) is 13.2 Å². The zero-order valence-electron chi connectivity index (χ0n) is 17.1. The van der Waals surface area contributed by atoms with Crippen molar-refractivity contribution in [1.29, 1.82) is 0 Å². The maximum absolute atomic E-state index is 13.0. The Labute approximate surface area is 183 Å². The van der Waals surface area contributed by atoms with Crippen molar-refractivity contribution in [3.05, 3.63) is 64.2 Å².